The highest BCUT2D eigenvalue weighted by Crippen LogP contribution is 2.29. The second-order valence-electron chi connectivity index (χ2n) is 8.03. The summed E-state index contributed by atoms with van der Waals surface area (Å²) in [4.78, 5) is 18.7. The first kappa shape index (κ1) is 38.3. The van der Waals surface area contributed by atoms with Crippen molar-refractivity contribution in [3.8, 4) is 0 Å². The lowest BCUT2D eigenvalue weighted by Gasteiger charge is -2.09. The van der Waals surface area contributed by atoms with Crippen molar-refractivity contribution < 1.29 is 42.7 Å². The fraction of sp³-hybridized carbons (Fsp3) is 0.769. The molecule has 42 heavy (non-hydrogen) atoms. The first-order valence-electron chi connectivity index (χ1n) is 13.9. The maximum absolute atomic E-state index is 11.8. The van der Waals surface area contributed by atoms with E-state index in [-0.39, 0.29) is 5.91 Å². The molecular weight excluding hydrogens is 590 g/mol. The zero-order chi connectivity index (χ0) is 30.0. The molecule has 0 unspecified atom stereocenters. The summed E-state index contributed by atoms with van der Waals surface area (Å²) in [5, 5.41) is 7.16. The fourth-order valence-electron chi connectivity index (χ4n) is 2.78. The van der Waals surface area contributed by atoms with Crippen molar-refractivity contribution in [2.45, 2.75) is 11.4 Å². The number of rotatable bonds is 32. The number of ether oxygens (including phenoxy) is 8. The van der Waals surface area contributed by atoms with Gasteiger partial charge in [-0.1, -0.05) is 22.0 Å². The minimum absolute atomic E-state index is 0.0153. The summed E-state index contributed by atoms with van der Waals surface area (Å²) in [5.74, 6) is 0.739. The lowest BCUT2D eigenvalue weighted by molar-refractivity contribution is -0.120. The molecule has 0 aliphatic rings. The molecule has 0 saturated heterocycles. The van der Waals surface area contributed by atoms with Crippen LogP contribution in [0.3, 0.4) is 0 Å². The minimum atomic E-state index is 0.0153. The van der Waals surface area contributed by atoms with Gasteiger partial charge < -0.3 is 43.2 Å². The molecule has 1 amide bonds. The van der Waals surface area contributed by atoms with Gasteiger partial charge in [-0.3, -0.25) is 4.79 Å². The number of amides is 1. The van der Waals surface area contributed by atoms with Crippen LogP contribution in [0.1, 0.15) is 6.42 Å². The van der Waals surface area contributed by atoms with E-state index in [2.05, 4.69) is 20.3 Å². The molecule has 0 aromatic carbocycles. The molecule has 1 heterocycles. The largest absolute Gasteiger partial charge is 0.379 e. The monoisotopic (exact) mass is 635 g/mol. The van der Waals surface area contributed by atoms with E-state index >= 15 is 0 Å². The molecule has 14 nitrogen and oxygen atoms in total. The van der Waals surface area contributed by atoms with Crippen LogP contribution in [0, 0.1) is 0 Å². The third-order valence-corrected chi connectivity index (χ3v) is 7.03. The lowest BCUT2D eigenvalue weighted by atomic mass is 10.4. The Morgan fingerprint density at radius 2 is 1.21 bits per heavy atom. The van der Waals surface area contributed by atoms with E-state index in [1.165, 1.54) is 0 Å². The standard InChI is InChI=1S/C26H45N5O9S2/c27-31-30-7-9-34-11-13-36-15-17-38-19-21-40-23-22-39-20-18-37-16-14-35-12-10-33-8-6-28-25(32)4-24-41-42-26-3-1-2-5-29-26/h1-3,5H,4,6-24H2,(H,28,32). The summed E-state index contributed by atoms with van der Waals surface area (Å²) < 4.78 is 43.2. The molecule has 1 N–H and O–H groups in total. The van der Waals surface area contributed by atoms with E-state index in [1.807, 2.05) is 18.2 Å². The highest BCUT2D eigenvalue weighted by Gasteiger charge is 2.02. The van der Waals surface area contributed by atoms with E-state index in [1.54, 1.807) is 27.8 Å². The van der Waals surface area contributed by atoms with Crippen LogP contribution in [0.2, 0.25) is 0 Å². The quantitative estimate of drug-likeness (QED) is 0.0405. The molecular formula is C26H45N5O9S2. The Labute approximate surface area is 256 Å². The molecule has 0 aliphatic carbocycles. The number of carbonyl (C=O) groups is 1. The van der Waals surface area contributed by atoms with Crippen molar-refractivity contribution in [3.63, 3.8) is 0 Å². The van der Waals surface area contributed by atoms with E-state index < -0.39 is 0 Å². The number of hydrogen-bond acceptors (Lipinski definition) is 13. The van der Waals surface area contributed by atoms with Crippen molar-refractivity contribution in [3.05, 3.63) is 34.8 Å². The Kier molecular flexibility index (Phi) is 29.4. The van der Waals surface area contributed by atoms with Crippen LogP contribution < -0.4 is 5.32 Å². The van der Waals surface area contributed by atoms with E-state index in [9.17, 15) is 4.79 Å². The summed E-state index contributed by atoms with van der Waals surface area (Å²) in [6.07, 6.45) is 2.22. The number of nitrogens with one attached hydrogen (secondary N) is 1. The topological polar surface area (TPSA) is 165 Å². The number of aromatic nitrogens is 1. The van der Waals surface area contributed by atoms with Gasteiger partial charge in [-0.15, -0.1) is 0 Å². The van der Waals surface area contributed by atoms with E-state index in [0.29, 0.717) is 125 Å². The Balaban J connectivity index is 1.66. The second-order valence-corrected chi connectivity index (χ2v) is 10.5. The van der Waals surface area contributed by atoms with Gasteiger partial charge in [0.15, 0.2) is 0 Å². The number of pyridine rings is 1. The average molecular weight is 636 g/mol. The minimum Gasteiger partial charge on any atom is -0.379 e. The zero-order valence-corrected chi connectivity index (χ0v) is 25.9. The third-order valence-electron chi connectivity index (χ3n) is 4.77. The van der Waals surface area contributed by atoms with Gasteiger partial charge in [-0.05, 0) is 28.5 Å². The SMILES string of the molecule is [N-]=[N+]=NCCOCCOCCOCCOCCOCCOCCOCCOCCNC(=O)CCSSc1ccccn1. The predicted molar refractivity (Wildman–Crippen MR) is 161 cm³/mol. The van der Waals surface area contributed by atoms with Gasteiger partial charge in [0.1, 0.15) is 5.03 Å². The van der Waals surface area contributed by atoms with Crippen molar-refractivity contribution in [2.75, 3.05) is 125 Å². The Morgan fingerprint density at radius 1 is 0.738 bits per heavy atom. The second kappa shape index (κ2) is 32.2. The fourth-order valence-corrected chi connectivity index (χ4v) is 4.64. The highest BCUT2D eigenvalue weighted by molar-refractivity contribution is 8.76. The Bertz CT molecular complexity index is 784. The molecule has 0 bridgehead atoms. The van der Waals surface area contributed by atoms with Gasteiger partial charge in [-0.2, -0.15) is 0 Å². The smallest absolute Gasteiger partial charge is 0.220 e. The number of azide groups is 1. The van der Waals surface area contributed by atoms with E-state index in [4.69, 9.17) is 43.4 Å². The first-order chi connectivity index (χ1) is 20.8. The summed E-state index contributed by atoms with van der Waals surface area (Å²) in [7, 11) is 3.18. The van der Waals surface area contributed by atoms with Crippen LogP contribution in [-0.2, 0) is 42.7 Å². The van der Waals surface area contributed by atoms with Crippen LogP contribution >= 0.6 is 21.6 Å². The zero-order valence-electron chi connectivity index (χ0n) is 24.2. The van der Waals surface area contributed by atoms with Gasteiger partial charge in [0.05, 0.1) is 106 Å². The highest BCUT2D eigenvalue weighted by atomic mass is 33.1. The maximum Gasteiger partial charge on any atom is 0.220 e. The molecule has 240 valence electrons. The molecule has 1 rings (SSSR count). The van der Waals surface area contributed by atoms with Gasteiger partial charge in [-0.25, -0.2) is 4.98 Å². The number of nitrogens with zero attached hydrogens (tertiary/aromatic N) is 4. The molecule has 0 fully saturated rings. The van der Waals surface area contributed by atoms with Gasteiger partial charge in [0, 0.05) is 36.4 Å². The average Bonchev–Trinajstić information content (AvgIpc) is 3.01. The van der Waals surface area contributed by atoms with Crippen LogP contribution in [0.15, 0.2) is 34.5 Å². The molecule has 1 aromatic heterocycles. The molecule has 0 saturated carbocycles. The Morgan fingerprint density at radius 3 is 1.67 bits per heavy atom. The number of carbonyl (C=O) groups excluding carboxylic acids is 1. The normalized spacial score (nSPS) is 11.0. The summed E-state index contributed by atoms with van der Waals surface area (Å²) >= 11 is 0. The maximum atomic E-state index is 11.8. The summed E-state index contributed by atoms with van der Waals surface area (Å²) in [6.45, 7) is 8.38. The van der Waals surface area contributed by atoms with Crippen LogP contribution in [0.4, 0.5) is 0 Å². The first-order valence-corrected chi connectivity index (χ1v) is 16.2. The van der Waals surface area contributed by atoms with Gasteiger partial charge >= 0.3 is 0 Å². The molecule has 0 radical (unpaired) electrons. The summed E-state index contributed by atoms with van der Waals surface area (Å²) in [6, 6.07) is 5.77. The summed E-state index contributed by atoms with van der Waals surface area (Å²) in [5.41, 5.74) is 8.13. The van der Waals surface area contributed by atoms with Crippen molar-refractivity contribution in [1.29, 1.82) is 0 Å². The molecule has 0 aliphatic heterocycles. The molecule has 0 spiro atoms. The molecule has 1 aromatic rings. The van der Waals surface area contributed by atoms with Gasteiger partial charge in [0.25, 0.3) is 0 Å². The van der Waals surface area contributed by atoms with Crippen molar-refractivity contribution >= 4 is 27.5 Å². The van der Waals surface area contributed by atoms with Crippen LogP contribution in [0.25, 0.3) is 10.4 Å². The predicted octanol–water partition coefficient (Wildman–Crippen LogP) is 2.77. The van der Waals surface area contributed by atoms with Crippen molar-refractivity contribution in [1.82, 2.24) is 10.3 Å². The van der Waals surface area contributed by atoms with Gasteiger partial charge in [0.2, 0.25) is 5.91 Å². The van der Waals surface area contributed by atoms with Crippen molar-refractivity contribution in [2.24, 2.45) is 5.11 Å². The Hall–Kier alpha value is -1.69. The molecule has 0 atom stereocenters. The van der Waals surface area contributed by atoms with E-state index in [0.717, 1.165) is 10.8 Å². The molecule has 16 heteroatoms. The van der Waals surface area contributed by atoms with Crippen LogP contribution in [-0.4, -0.2) is 135 Å². The lowest BCUT2D eigenvalue weighted by Crippen LogP contribution is -2.27. The number of hydrogen-bond donors (Lipinski definition) is 1. The third kappa shape index (κ3) is 28.4. The van der Waals surface area contributed by atoms with Crippen LogP contribution in [0.5, 0.6) is 0 Å².